The molecule has 2 aliphatic rings. The second kappa shape index (κ2) is 12.7. The topological polar surface area (TPSA) is 53.1 Å². The lowest BCUT2D eigenvalue weighted by Crippen LogP contribution is -2.45. The zero-order valence-electron chi connectivity index (χ0n) is 22.5. The van der Waals surface area contributed by atoms with E-state index in [1.807, 2.05) is 40.1 Å². The molecule has 1 atom stereocenters. The van der Waals surface area contributed by atoms with Crippen LogP contribution in [0.3, 0.4) is 0 Å². The molecule has 3 heterocycles. The first-order valence-corrected chi connectivity index (χ1v) is 14.8. The summed E-state index contributed by atoms with van der Waals surface area (Å²) < 4.78 is 19.8. The Bertz CT molecular complexity index is 1280. The second-order valence-electron chi connectivity index (χ2n) is 10.2. The van der Waals surface area contributed by atoms with Crippen LogP contribution in [-0.4, -0.2) is 72.4 Å². The maximum Gasteiger partial charge on any atom is 0.253 e. The minimum atomic E-state index is -0.267. The van der Waals surface area contributed by atoms with Crippen molar-refractivity contribution in [2.75, 3.05) is 45.9 Å². The molecule has 1 fully saturated rings. The van der Waals surface area contributed by atoms with Gasteiger partial charge in [-0.1, -0.05) is 25.5 Å². The number of benzene rings is 2. The van der Waals surface area contributed by atoms with Gasteiger partial charge in [0.1, 0.15) is 11.6 Å². The average Bonchev–Trinajstić information content (AvgIpc) is 3.28. The zero-order chi connectivity index (χ0) is 27.2. The number of unbranched alkanes of at least 4 members (excludes halogenated alkanes) is 1. The molecule has 206 valence electrons. The molecule has 2 amide bonds. The Hall–Kier alpha value is -3.23. The summed E-state index contributed by atoms with van der Waals surface area (Å²) in [6.07, 6.45) is 3.70. The van der Waals surface area contributed by atoms with Crippen LogP contribution in [-0.2, 0) is 11.2 Å². The Morgan fingerprint density at radius 3 is 2.59 bits per heavy atom. The number of thiophene rings is 1. The van der Waals surface area contributed by atoms with Crippen molar-refractivity contribution in [1.82, 2.24) is 14.7 Å². The summed E-state index contributed by atoms with van der Waals surface area (Å²) in [5.41, 5.74) is 2.67. The largest absolute Gasteiger partial charge is 0.494 e. The van der Waals surface area contributed by atoms with E-state index in [2.05, 4.69) is 23.3 Å². The third-order valence-electron chi connectivity index (χ3n) is 7.57. The monoisotopic (exact) mass is 549 g/mol. The Labute approximate surface area is 234 Å². The van der Waals surface area contributed by atoms with E-state index in [1.54, 1.807) is 23.5 Å². The average molecular weight is 550 g/mol. The van der Waals surface area contributed by atoms with Crippen molar-refractivity contribution < 1.29 is 18.7 Å². The van der Waals surface area contributed by atoms with Crippen LogP contribution in [0.1, 0.15) is 58.6 Å². The first-order valence-electron chi connectivity index (χ1n) is 13.9. The SMILES string of the molecule is CCCCOc1ccc(C(=O)N2CCCN(C(=O)CN3CCc4sccc4[C@H]3c3cccc(F)c3)CC2)cc1. The molecule has 0 N–H and O–H groups in total. The van der Waals surface area contributed by atoms with E-state index < -0.39 is 0 Å². The van der Waals surface area contributed by atoms with Gasteiger partial charge in [-0.15, -0.1) is 11.3 Å². The van der Waals surface area contributed by atoms with Crippen LogP contribution in [0.15, 0.2) is 60.0 Å². The molecule has 3 aromatic rings. The molecule has 8 heteroatoms. The summed E-state index contributed by atoms with van der Waals surface area (Å²) in [5.74, 6) is 0.545. The highest BCUT2D eigenvalue weighted by atomic mass is 32.1. The van der Waals surface area contributed by atoms with Gasteiger partial charge in [0, 0.05) is 43.2 Å². The third-order valence-corrected chi connectivity index (χ3v) is 8.57. The lowest BCUT2D eigenvalue weighted by Gasteiger charge is -2.37. The van der Waals surface area contributed by atoms with Gasteiger partial charge in [-0.05, 0) is 78.2 Å². The number of fused-ring (bicyclic) bond motifs is 1. The van der Waals surface area contributed by atoms with Crippen LogP contribution in [0.5, 0.6) is 5.75 Å². The van der Waals surface area contributed by atoms with Gasteiger partial charge in [0.05, 0.1) is 19.2 Å². The molecule has 5 rings (SSSR count). The van der Waals surface area contributed by atoms with Crippen LogP contribution >= 0.6 is 11.3 Å². The van der Waals surface area contributed by atoms with Gasteiger partial charge in [0.15, 0.2) is 0 Å². The predicted octanol–water partition coefficient (Wildman–Crippen LogP) is 5.39. The van der Waals surface area contributed by atoms with Crippen LogP contribution in [0.2, 0.25) is 0 Å². The maximum absolute atomic E-state index is 14.1. The van der Waals surface area contributed by atoms with Crippen molar-refractivity contribution >= 4 is 23.2 Å². The normalized spacial score (nSPS) is 17.9. The number of ether oxygens (including phenoxy) is 1. The number of rotatable bonds is 8. The molecule has 0 radical (unpaired) electrons. The van der Waals surface area contributed by atoms with E-state index in [9.17, 15) is 14.0 Å². The third kappa shape index (κ3) is 6.50. The molecular formula is C31H36FN3O3S. The summed E-state index contributed by atoms with van der Waals surface area (Å²) in [6, 6.07) is 16.0. The van der Waals surface area contributed by atoms with E-state index in [-0.39, 0.29) is 30.2 Å². The minimum Gasteiger partial charge on any atom is -0.494 e. The number of nitrogens with zero attached hydrogens (tertiary/aromatic N) is 3. The molecular weight excluding hydrogens is 513 g/mol. The molecule has 2 aliphatic heterocycles. The fraction of sp³-hybridized carbons (Fsp3) is 0.419. The molecule has 0 saturated carbocycles. The van der Waals surface area contributed by atoms with Gasteiger partial charge in [0.25, 0.3) is 5.91 Å². The quantitative estimate of drug-likeness (QED) is 0.354. The predicted molar refractivity (Wildman–Crippen MR) is 152 cm³/mol. The molecule has 39 heavy (non-hydrogen) atoms. The lowest BCUT2D eigenvalue weighted by atomic mass is 9.93. The van der Waals surface area contributed by atoms with Gasteiger partial charge in [0.2, 0.25) is 5.91 Å². The van der Waals surface area contributed by atoms with Gasteiger partial charge in [-0.25, -0.2) is 4.39 Å². The van der Waals surface area contributed by atoms with Crippen LogP contribution in [0, 0.1) is 5.82 Å². The van der Waals surface area contributed by atoms with Crippen LogP contribution < -0.4 is 4.74 Å². The molecule has 0 spiro atoms. The van der Waals surface area contributed by atoms with Crippen molar-refractivity contribution in [3.8, 4) is 5.75 Å². The van der Waals surface area contributed by atoms with Gasteiger partial charge >= 0.3 is 0 Å². The van der Waals surface area contributed by atoms with Crippen molar-refractivity contribution in [2.24, 2.45) is 0 Å². The zero-order valence-corrected chi connectivity index (χ0v) is 23.3. The molecule has 0 aliphatic carbocycles. The van der Waals surface area contributed by atoms with Gasteiger partial charge in [-0.2, -0.15) is 0 Å². The van der Waals surface area contributed by atoms with Crippen molar-refractivity contribution in [1.29, 1.82) is 0 Å². The van der Waals surface area contributed by atoms with E-state index in [1.165, 1.54) is 16.5 Å². The number of halogens is 1. The van der Waals surface area contributed by atoms with Crippen molar-refractivity contribution in [3.05, 3.63) is 87.4 Å². The fourth-order valence-corrected chi connectivity index (χ4v) is 6.36. The smallest absolute Gasteiger partial charge is 0.253 e. The summed E-state index contributed by atoms with van der Waals surface area (Å²) in [4.78, 5) is 33.9. The summed E-state index contributed by atoms with van der Waals surface area (Å²) >= 11 is 1.73. The highest BCUT2D eigenvalue weighted by Gasteiger charge is 2.32. The van der Waals surface area contributed by atoms with E-state index in [0.29, 0.717) is 38.3 Å². The highest BCUT2D eigenvalue weighted by molar-refractivity contribution is 7.10. The minimum absolute atomic E-state index is 0.0170. The molecule has 6 nitrogen and oxygen atoms in total. The fourth-order valence-electron chi connectivity index (χ4n) is 5.46. The lowest BCUT2D eigenvalue weighted by molar-refractivity contribution is -0.132. The van der Waals surface area contributed by atoms with Gasteiger partial charge in [-0.3, -0.25) is 14.5 Å². The van der Waals surface area contributed by atoms with Crippen molar-refractivity contribution in [2.45, 2.75) is 38.6 Å². The summed E-state index contributed by atoms with van der Waals surface area (Å²) in [5, 5.41) is 2.08. The highest BCUT2D eigenvalue weighted by Crippen LogP contribution is 2.37. The van der Waals surface area contributed by atoms with E-state index >= 15 is 0 Å². The van der Waals surface area contributed by atoms with Crippen LogP contribution in [0.4, 0.5) is 4.39 Å². The number of carbonyl (C=O) groups excluding carboxylic acids is 2. The van der Waals surface area contributed by atoms with Crippen LogP contribution in [0.25, 0.3) is 0 Å². The summed E-state index contributed by atoms with van der Waals surface area (Å²) in [6.45, 7) is 6.06. The standard InChI is InChI=1S/C31H36FN3O3S/c1-2-3-19-38-26-10-8-23(9-11-26)31(37)34-15-5-14-33(17-18-34)29(36)22-35-16-12-28-27(13-20-39-28)30(35)24-6-4-7-25(32)21-24/h4,6-11,13,20-21,30H,2-3,5,12,14-19,22H2,1H3/t30-/m1/s1. The molecule has 0 unspecified atom stereocenters. The molecule has 2 aromatic carbocycles. The first kappa shape index (κ1) is 27.3. The Kier molecular flexibility index (Phi) is 8.94. The first-order chi connectivity index (χ1) is 19.0. The number of hydrogen-bond donors (Lipinski definition) is 0. The van der Waals surface area contributed by atoms with E-state index in [4.69, 9.17) is 4.74 Å². The Morgan fingerprint density at radius 2 is 1.79 bits per heavy atom. The Balaban J connectivity index is 1.21. The maximum atomic E-state index is 14.1. The molecule has 1 aromatic heterocycles. The number of amides is 2. The van der Waals surface area contributed by atoms with Crippen molar-refractivity contribution in [3.63, 3.8) is 0 Å². The molecule has 0 bridgehead atoms. The summed E-state index contributed by atoms with van der Waals surface area (Å²) in [7, 11) is 0. The number of carbonyl (C=O) groups is 2. The second-order valence-corrected chi connectivity index (χ2v) is 11.2. The van der Waals surface area contributed by atoms with Gasteiger partial charge < -0.3 is 14.5 Å². The van der Waals surface area contributed by atoms with E-state index in [0.717, 1.165) is 43.5 Å². The number of hydrogen-bond acceptors (Lipinski definition) is 5. The Morgan fingerprint density at radius 1 is 1.00 bits per heavy atom. The molecule has 1 saturated heterocycles.